The number of nitrogens with one attached hydrogen (secondary N) is 1. The SMILES string of the molecule is CCNC(=NCCc1ccc2ccccc2c1)N1CCN(c2ncccn2)CC1.I. The highest BCUT2D eigenvalue weighted by Gasteiger charge is 2.20. The first-order valence-electron chi connectivity index (χ1n) is 10.4. The summed E-state index contributed by atoms with van der Waals surface area (Å²) in [5, 5.41) is 6.03. The average Bonchev–Trinajstić information content (AvgIpc) is 2.79. The molecule has 1 aromatic heterocycles. The molecule has 158 valence electrons. The summed E-state index contributed by atoms with van der Waals surface area (Å²) in [6, 6.07) is 17.0. The van der Waals surface area contributed by atoms with E-state index in [0.717, 1.165) is 57.6 Å². The van der Waals surface area contributed by atoms with Gasteiger partial charge in [0.05, 0.1) is 0 Å². The fourth-order valence-electron chi connectivity index (χ4n) is 3.68. The van der Waals surface area contributed by atoms with Gasteiger partial charge in [0.25, 0.3) is 0 Å². The molecule has 1 aliphatic rings. The minimum absolute atomic E-state index is 0. The topological polar surface area (TPSA) is 56.7 Å². The maximum absolute atomic E-state index is 4.89. The zero-order chi connectivity index (χ0) is 19.9. The van der Waals surface area contributed by atoms with E-state index in [1.165, 1.54) is 16.3 Å². The van der Waals surface area contributed by atoms with Gasteiger partial charge in [0, 0.05) is 51.7 Å². The number of fused-ring (bicyclic) bond motifs is 1. The van der Waals surface area contributed by atoms with E-state index in [4.69, 9.17) is 4.99 Å². The van der Waals surface area contributed by atoms with Crippen molar-refractivity contribution < 1.29 is 0 Å². The van der Waals surface area contributed by atoms with E-state index in [1.807, 2.05) is 6.07 Å². The van der Waals surface area contributed by atoms with Crippen LogP contribution in [0.25, 0.3) is 10.8 Å². The second-order valence-electron chi connectivity index (χ2n) is 7.19. The lowest BCUT2D eigenvalue weighted by Crippen LogP contribution is -2.53. The van der Waals surface area contributed by atoms with Crippen molar-refractivity contribution in [1.82, 2.24) is 20.2 Å². The van der Waals surface area contributed by atoms with Gasteiger partial charge in [0.15, 0.2) is 5.96 Å². The maximum Gasteiger partial charge on any atom is 0.225 e. The van der Waals surface area contributed by atoms with Gasteiger partial charge in [-0.05, 0) is 35.7 Å². The van der Waals surface area contributed by atoms with Crippen LogP contribution in [0.1, 0.15) is 12.5 Å². The summed E-state index contributed by atoms with van der Waals surface area (Å²) in [6.45, 7) is 7.41. The first-order valence-corrected chi connectivity index (χ1v) is 10.4. The second-order valence-corrected chi connectivity index (χ2v) is 7.19. The molecular weight excluding hydrogens is 487 g/mol. The fraction of sp³-hybridized carbons (Fsp3) is 0.348. The fourth-order valence-corrected chi connectivity index (χ4v) is 3.68. The van der Waals surface area contributed by atoms with Crippen molar-refractivity contribution in [2.24, 2.45) is 4.99 Å². The third-order valence-corrected chi connectivity index (χ3v) is 5.23. The lowest BCUT2D eigenvalue weighted by molar-refractivity contribution is 0.370. The Morgan fingerprint density at radius 3 is 2.43 bits per heavy atom. The Hall–Kier alpha value is -2.42. The molecule has 4 rings (SSSR count). The summed E-state index contributed by atoms with van der Waals surface area (Å²) in [5.41, 5.74) is 1.33. The van der Waals surface area contributed by atoms with Gasteiger partial charge in [-0.2, -0.15) is 0 Å². The Kier molecular flexibility index (Phi) is 8.24. The Balaban J connectivity index is 0.00000256. The molecule has 1 aliphatic heterocycles. The molecule has 0 bridgehead atoms. The molecule has 3 aromatic rings. The van der Waals surface area contributed by atoms with Crippen LogP contribution in [-0.2, 0) is 6.42 Å². The van der Waals surface area contributed by atoms with Crippen LogP contribution in [0.15, 0.2) is 65.9 Å². The molecule has 6 nitrogen and oxygen atoms in total. The number of aromatic nitrogens is 2. The minimum atomic E-state index is 0. The predicted octanol–water partition coefficient (Wildman–Crippen LogP) is 3.58. The van der Waals surface area contributed by atoms with Crippen LogP contribution >= 0.6 is 24.0 Å². The average molecular weight is 516 g/mol. The zero-order valence-corrected chi connectivity index (χ0v) is 19.7. The van der Waals surface area contributed by atoms with E-state index in [0.29, 0.717) is 0 Å². The summed E-state index contributed by atoms with van der Waals surface area (Å²) in [6.07, 6.45) is 4.54. The van der Waals surface area contributed by atoms with Gasteiger partial charge in [-0.3, -0.25) is 4.99 Å². The first-order chi connectivity index (χ1) is 14.3. The third-order valence-electron chi connectivity index (χ3n) is 5.23. The van der Waals surface area contributed by atoms with Crippen LogP contribution in [0.4, 0.5) is 5.95 Å². The number of hydrogen-bond donors (Lipinski definition) is 1. The number of guanidine groups is 1. The molecule has 1 N–H and O–H groups in total. The standard InChI is InChI=1S/C23H28N6.HI/c1-2-24-22(28-14-16-29(17-15-28)23-25-11-5-12-26-23)27-13-10-19-8-9-20-6-3-4-7-21(20)18-19;/h3-9,11-12,18H,2,10,13-17H2,1H3,(H,24,27);1H. The third kappa shape index (κ3) is 5.59. The maximum atomic E-state index is 4.89. The van der Waals surface area contributed by atoms with E-state index in [-0.39, 0.29) is 24.0 Å². The van der Waals surface area contributed by atoms with Crippen molar-refractivity contribution >= 4 is 46.7 Å². The van der Waals surface area contributed by atoms with Gasteiger partial charge in [0.1, 0.15) is 0 Å². The largest absolute Gasteiger partial charge is 0.357 e. The molecule has 0 atom stereocenters. The molecule has 2 aromatic carbocycles. The van der Waals surface area contributed by atoms with E-state index < -0.39 is 0 Å². The molecular formula is C23H29IN6. The number of nitrogens with zero attached hydrogens (tertiary/aromatic N) is 5. The summed E-state index contributed by atoms with van der Waals surface area (Å²) >= 11 is 0. The number of hydrogen-bond acceptors (Lipinski definition) is 4. The highest BCUT2D eigenvalue weighted by Crippen LogP contribution is 2.16. The number of rotatable bonds is 5. The number of anilines is 1. The molecule has 1 fully saturated rings. The molecule has 0 unspecified atom stereocenters. The van der Waals surface area contributed by atoms with Crippen LogP contribution in [0.3, 0.4) is 0 Å². The lowest BCUT2D eigenvalue weighted by atomic mass is 10.1. The van der Waals surface area contributed by atoms with E-state index >= 15 is 0 Å². The van der Waals surface area contributed by atoms with Crippen molar-refractivity contribution in [2.45, 2.75) is 13.3 Å². The molecule has 1 saturated heterocycles. The zero-order valence-electron chi connectivity index (χ0n) is 17.4. The van der Waals surface area contributed by atoms with Crippen LogP contribution in [0, 0.1) is 0 Å². The molecule has 0 radical (unpaired) electrons. The van der Waals surface area contributed by atoms with Crippen molar-refractivity contribution in [2.75, 3.05) is 44.2 Å². The van der Waals surface area contributed by atoms with E-state index in [1.54, 1.807) is 12.4 Å². The van der Waals surface area contributed by atoms with Crippen molar-refractivity contribution in [3.05, 3.63) is 66.5 Å². The Bertz CT molecular complexity index is 954. The van der Waals surface area contributed by atoms with Gasteiger partial charge >= 0.3 is 0 Å². The van der Waals surface area contributed by atoms with Gasteiger partial charge in [-0.25, -0.2) is 9.97 Å². The smallest absolute Gasteiger partial charge is 0.225 e. The van der Waals surface area contributed by atoms with Gasteiger partial charge in [0.2, 0.25) is 5.95 Å². The molecule has 2 heterocycles. The number of benzene rings is 2. The summed E-state index contributed by atoms with van der Waals surface area (Å²) in [5.74, 6) is 1.81. The molecule has 0 amide bonds. The predicted molar refractivity (Wildman–Crippen MR) is 135 cm³/mol. The monoisotopic (exact) mass is 516 g/mol. The Labute approximate surface area is 195 Å². The highest BCUT2D eigenvalue weighted by molar-refractivity contribution is 14.0. The van der Waals surface area contributed by atoms with Crippen LogP contribution < -0.4 is 10.2 Å². The Morgan fingerprint density at radius 1 is 0.967 bits per heavy atom. The molecule has 0 saturated carbocycles. The molecule has 7 heteroatoms. The van der Waals surface area contributed by atoms with Crippen LogP contribution in [0.2, 0.25) is 0 Å². The summed E-state index contributed by atoms with van der Waals surface area (Å²) < 4.78 is 0. The van der Waals surface area contributed by atoms with E-state index in [9.17, 15) is 0 Å². The van der Waals surface area contributed by atoms with Crippen molar-refractivity contribution in [3.63, 3.8) is 0 Å². The number of piperazine rings is 1. The quantitative estimate of drug-likeness (QED) is 0.319. The normalized spacial score (nSPS) is 14.5. The van der Waals surface area contributed by atoms with Gasteiger partial charge in [-0.15, -0.1) is 24.0 Å². The van der Waals surface area contributed by atoms with Crippen molar-refractivity contribution in [1.29, 1.82) is 0 Å². The molecule has 0 spiro atoms. The number of aliphatic imine (C=N–C) groups is 1. The second kappa shape index (κ2) is 11.1. The first kappa shape index (κ1) is 22.3. The van der Waals surface area contributed by atoms with Crippen LogP contribution in [0.5, 0.6) is 0 Å². The lowest BCUT2D eigenvalue weighted by Gasteiger charge is -2.36. The summed E-state index contributed by atoms with van der Waals surface area (Å²) in [7, 11) is 0. The molecule has 30 heavy (non-hydrogen) atoms. The van der Waals surface area contributed by atoms with Gasteiger partial charge in [-0.1, -0.05) is 42.5 Å². The highest BCUT2D eigenvalue weighted by atomic mass is 127. The Morgan fingerprint density at radius 2 is 1.70 bits per heavy atom. The molecule has 0 aliphatic carbocycles. The minimum Gasteiger partial charge on any atom is -0.357 e. The summed E-state index contributed by atoms with van der Waals surface area (Å²) in [4.78, 5) is 18.2. The van der Waals surface area contributed by atoms with Gasteiger partial charge < -0.3 is 15.1 Å². The van der Waals surface area contributed by atoms with Crippen molar-refractivity contribution in [3.8, 4) is 0 Å². The van der Waals surface area contributed by atoms with E-state index in [2.05, 4.69) is 74.5 Å². The van der Waals surface area contributed by atoms with Crippen LogP contribution in [-0.4, -0.2) is 60.1 Å². The number of halogens is 1.